The molecule has 2 aromatic heterocycles. The minimum absolute atomic E-state index is 0.103. The van der Waals surface area contributed by atoms with Gasteiger partial charge < -0.3 is 10.2 Å². The van der Waals surface area contributed by atoms with Gasteiger partial charge in [-0.05, 0) is 19.8 Å². The van der Waals surface area contributed by atoms with Crippen LogP contribution in [0.25, 0.3) is 0 Å². The first-order chi connectivity index (χ1) is 12.6. The van der Waals surface area contributed by atoms with Gasteiger partial charge in [0.2, 0.25) is 5.91 Å². The van der Waals surface area contributed by atoms with Gasteiger partial charge in [0, 0.05) is 43.1 Å². The molecule has 1 fully saturated rings. The van der Waals surface area contributed by atoms with Crippen LogP contribution in [0.1, 0.15) is 31.0 Å². The van der Waals surface area contributed by atoms with E-state index in [1.54, 1.807) is 17.6 Å². The van der Waals surface area contributed by atoms with Gasteiger partial charge >= 0.3 is 0 Å². The molecule has 0 saturated carbocycles. The molecule has 1 saturated heterocycles. The molecule has 0 aromatic carbocycles. The van der Waals surface area contributed by atoms with Crippen molar-refractivity contribution >= 4 is 29.3 Å². The summed E-state index contributed by atoms with van der Waals surface area (Å²) in [6.45, 7) is 3.77. The van der Waals surface area contributed by atoms with E-state index in [0.717, 1.165) is 31.7 Å². The van der Waals surface area contributed by atoms with Crippen molar-refractivity contribution in [1.82, 2.24) is 19.5 Å². The van der Waals surface area contributed by atoms with Crippen LogP contribution in [-0.4, -0.2) is 44.3 Å². The largest absolute Gasteiger partial charge is 0.356 e. The second-order valence-electron chi connectivity index (χ2n) is 6.56. The van der Waals surface area contributed by atoms with Gasteiger partial charge in [-0.2, -0.15) is 0 Å². The molecule has 136 valence electrons. The van der Waals surface area contributed by atoms with Crippen molar-refractivity contribution in [1.29, 1.82) is 0 Å². The molecule has 0 aliphatic carbocycles. The fourth-order valence-corrected chi connectivity index (χ4v) is 4.55. The molecule has 0 bridgehead atoms. The van der Waals surface area contributed by atoms with Crippen molar-refractivity contribution in [2.75, 3.05) is 29.1 Å². The molecule has 1 atom stereocenters. The number of fused-ring (bicyclic) bond motifs is 1. The molecule has 1 amide bonds. The summed E-state index contributed by atoms with van der Waals surface area (Å²) in [5.41, 5.74) is 0.600. The normalized spacial score (nSPS) is 18.8. The maximum absolute atomic E-state index is 12.5. The third-order valence-electron chi connectivity index (χ3n) is 4.59. The van der Waals surface area contributed by atoms with Crippen LogP contribution in [0.2, 0.25) is 0 Å². The maximum atomic E-state index is 12.5. The lowest BCUT2D eigenvalue weighted by Crippen LogP contribution is -2.27. The molecule has 26 heavy (non-hydrogen) atoms. The van der Waals surface area contributed by atoms with E-state index in [1.165, 1.54) is 24.2 Å². The van der Waals surface area contributed by atoms with Crippen LogP contribution in [0, 0.1) is 6.92 Å². The molecule has 1 N–H and O–H groups in total. The Hall–Kier alpha value is -2.42. The number of carbonyl (C=O) groups excluding carboxylic acids is 1. The zero-order valence-electron chi connectivity index (χ0n) is 14.5. The zero-order valence-corrected chi connectivity index (χ0v) is 15.3. The summed E-state index contributed by atoms with van der Waals surface area (Å²) in [6, 6.07) is 3.13. The third-order valence-corrected chi connectivity index (χ3v) is 5.69. The summed E-state index contributed by atoms with van der Waals surface area (Å²) in [4.78, 5) is 39.7. The first-order valence-corrected chi connectivity index (χ1v) is 9.68. The second-order valence-corrected chi connectivity index (χ2v) is 7.55. The number of amides is 1. The summed E-state index contributed by atoms with van der Waals surface area (Å²) < 4.78 is 1.62. The van der Waals surface area contributed by atoms with Crippen LogP contribution in [0.4, 0.5) is 11.6 Å². The van der Waals surface area contributed by atoms with E-state index in [0.29, 0.717) is 22.4 Å². The highest BCUT2D eigenvalue weighted by Crippen LogP contribution is 2.32. The highest BCUT2D eigenvalue weighted by Gasteiger charge is 2.27. The van der Waals surface area contributed by atoms with E-state index in [2.05, 4.69) is 25.2 Å². The summed E-state index contributed by atoms with van der Waals surface area (Å²) in [6.07, 6.45) is 4.01. The Kier molecular flexibility index (Phi) is 4.62. The average molecular weight is 372 g/mol. The van der Waals surface area contributed by atoms with Crippen molar-refractivity contribution in [3.8, 4) is 0 Å². The minimum Gasteiger partial charge on any atom is -0.356 e. The number of rotatable bonds is 4. The molecule has 1 unspecified atom stereocenters. The molecule has 9 heteroatoms. The molecule has 2 aromatic rings. The number of hydrogen-bond acceptors (Lipinski definition) is 7. The van der Waals surface area contributed by atoms with Crippen LogP contribution >= 0.6 is 11.8 Å². The smallest absolute Gasteiger partial charge is 0.254 e. The predicted octanol–water partition coefficient (Wildman–Crippen LogP) is 1.62. The molecule has 0 spiro atoms. The Morgan fingerprint density at radius 2 is 2.12 bits per heavy atom. The van der Waals surface area contributed by atoms with Gasteiger partial charge in [0.25, 0.3) is 5.56 Å². The first-order valence-electron chi connectivity index (χ1n) is 8.70. The maximum Gasteiger partial charge on any atom is 0.254 e. The Balaban J connectivity index is 1.44. The second kappa shape index (κ2) is 7.06. The van der Waals surface area contributed by atoms with Gasteiger partial charge in [0.05, 0.1) is 6.04 Å². The highest BCUT2D eigenvalue weighted by atomic mass is 32.2. The van der Waals surface area contributed by atoms with Crippen LogP contribution in [-0.2, 0) is 4.79 Å². The topological polar surface area (TPSA) is 93.0 Å². The number of aryl methyl sites for hydroxylation is 1. The Labute approximate surface area is 155 Å². The van der Waals surface area contributed by atoms with Crippen LogP contribution in [0.5, 0.6) is 0 Å². The van der Waals surface area contributed by atoms with E-state index >= 15 is 0 Å². The van der Waals surface area contributed by atoms with E-state index in [-0.39, 0.29) is 23.9 Å². The quantitative estimate of drug-likeness (QED) is 0.815. The lowest BCUT2D eigenvalue weighted by molar-refractivity contribution is -0.116. The standard InChI is InChI=1S/C17H20N6O2S/c1-11-6-16(25)23-12(9-26-17(23)20-11)7-15(24)21-13-8-14(19-10-18-13)22-4-2-3-5-22/h6,8,10,12H,2-5,7,9H2,1H3,(H,18,19,21,24). The number of aromatic nitrogens is 4. The highest BCUT2D eigenvalue weighted by molar-refractivity contribution is 7.99. The molecular weight excluding hydrogens is 352 g/mol. The average Bonchev–Trinajstić information content (AvgIpc) is 3.25. The lowest BCUT2D eigenvalue weighted by atomic mass is 10.2. The number of carbonyl (C=O) groups is 1. The molecule has 0 radical (unpaired) electrons. The van der Waals surface area contributed by atoms with Crippen LogP contribution in [0.3, 0.4) is 0 Å². The van der Waals surface area contributed by atoms with Gasteiger partial charge in [0.1, 0.15) is 18.0 Å². The summed E-state index contributed by atoms with van der Waals surface area (Å²) >= 11 is 1.51. The fraction of sp³-hybridized carbons (Fsp3) is 0.471. The molecule has 8 nitrogen and oxygen atoms in total. The van der Waals surface area contributed by atoms with E-state index in [1.807, 2.05) is 0 Å². The molecule has 2 aliphatic heterocycles. The van der Waals surface area contributed by atoms with Crippen molar-refractivity contribution < 1.29 is 4.79 Å². The lowest BCUT2D eigenvalue weighted by Gasteiger charge is -2.17. The van der Waals surface area contributed by atoms with E-state index < -0.39 is 0 Å². The Morgan fingerprint density at radius 1 is 1.31 bits per heavy atom. The van der Waals surface area contributed by atoms with Gasteiger partial charge in [-0.3, -0.25) is 14.2 Å². The monoisotopic (exact) mass is 372 g/mol. The SMILES string of the molecule is Cc1cc(=O)n2c(n1)SCC2CC(=O)Nc1cc(N2CCCC2)ncn1. The molecule has 2 aliphatic rings. The summed E-state index contributed by atoms with van der Waals surface area (Å²) in [5, 5.41) is 3.52. The van der Waals surface area contributed by atoms with Crippen molar-refractivity contribution in [3.05, 3.63) is 34.5 Å². The minimum atomic E-state index is -0.185. The number of nitrogens with one attached hydrogen (secondary N) is 1. The molecular formula is C17H20N6O2S. The predicted molar refractivity (Wildman–Crippen MR) is 99.7 cm³/mol. The van der Waals surface area contributed by atoms with E-state index in [9.17, 15) is 9.59 Å². The van der Waals surface area contributed by atoms with Gasteiger partial charge in [-0.25, -0.2) is 15.0 Å². The molecule has 4 heterocycles. The fourth-order valence-electron chi connectivity index (χ4n) is 3.36. The first kappa shape index (κ1) is 17.0. The third kappa shape index (κ3) is 3.44. The van der Waals surface area contributed by atoms with Crippen LogP contribution in [0.15, 0.2) is 28.4 Å². The van der Waals surface area contributed by atoms with Crippen molar-refractivity contribution in [2.24, 2.45) is 0 Å². The Morgan fingerprint density at radius 3 is 2.92 bits per heavy atom. The van der Waals surface area contributed by atoms with Crippen molar-refractivity contribution in [3.63, 3.8) is 0 Å². The number of thioether (sulfide) groups is 1. The number of anilines is 2. The number of nitrogens with zero attached hydrogens (tertiary/aromatic N) is 5. The van der Waals surface area contributed by atoms with Gasteiger partial charge in [0.15, 0.2) is 5.16 Å². The molecule has 4 rings (SSSR count). The van der Waals surface area contributed by atoms with Crippen molar-refractivity contribution in [2.45, 2.75) is 37.4 Å². The zero-order chi connectivity index (χ0) is 18.1. The summed E-state index contributed by atoms with van der Waals surface area (Å²) in [7, 11) is 0. The Bertz CT molecular complexity index is 893. The van der Waals surface area contributed by atoms with Gasteiger partial charge in [-0.1, -0.05) is 11.8 Å². The van der Waals surface area contributed by atoms with Gasteiger partial charge in [-0.15, -0.1) is 0 Å². The summed E-state index contributed by atoms with van der Waals surface area (Å²) in [5.74, 6) is 1.83. The van der Waals surface area contributed by atoms with Crippen LogP contribution < -0.4 is 15.8 Å². The van der Waals surface area contributed by atoms with E-state index in [4.69, 9.17) is 0 Å². The number of hydrogen-bond donors (Lipinski definition) is 1.